The second kappa shape index (κ2) is 19.0. The highest BCUT2D eigenvalue weighted by Gasteiger charge is 1.92. The molecule has 0 heterocycles. The van der Waals surface area contributed by atoms with Gasteiger partial charge >= 0.3 is 0 Å². The summed E-state index contributed by atoms with van der Waals surface area (Å²) in [5, 5.41) is 3.38. The van der Waals surface area contributed by atoms with Gasteiger partial charge in [-0.2, -0.15) is 12.6 Å². The van der Waals surface area contributed by atoms with Gasteiger partial charge in [0.25, 0.3) is 0 Å². The molecule has 0 atom stereocenters. The fourth-order valence-corrected chi connectivity index (χ4v) is 2.10. The molecule has 0 bridgehead atoms. The van der Waals surface area contributed by atoms with Crippen molar-refractivity contribution < 1.29 is 0 Å². The first-order chi connectivity index (χ1) is 7.91. The van der Waals surface area contributed by atoms with Crippen LogP contribution in [-0.4, -0.2) is 18.8 Å². The first-order valence-corrected chi connectivity index (χ1v) is 7.86. The van der Waals surface area contributed by atoms with Crippen LogP contribution in [-0.2, 0) is 0 Å². The predicted octanol–water partition coefficient (Wildman–Crippen LogP) is 4.85. The molecule has 1 nitrogen and oxygen atoms in total. The number of unbranched alkanes of at least 4 members (excludes halogenated alkanes) is 9. The van der Waals surface area contributed by atoms with E-state index in [4.69, 9.17) is 0 Å². The lowest BCUT2D eigenvalue weighted by Gasteiger charge is -2.03. The van der Waals surface area contributed by atoms with E-state index in [0.717, 1.165) is 12.3 Å². The van der Waals surface area contributed by atoms with E-state index in [2.05, 4.69) is 24.9 Å². The Kier molecular flexibility index (Phi) is 22.2. The minimum atomic E-state index is 0. The van der Waals surface area contributed by atoms with Crippen LogP contribution < -0.4 is 5.32 Å². The van der Waals surface area contributed by atoms with Crippen molar-refractivity contribution in [2.75, 3.05) is 18.8 Å². The van der Waals surface area contributed by atoms with Crippen molar-refractivity contribution in [3.63, 3.8) is 0 Å². The maximum atomic E-state index is 4.16. The Morgan fingerprint density at radius 1 is 0.706 bits per heavy atom. The molecule has 0 amide bonds. The molecule has 0 aromatic rings. The Balaban J connectivity index is 0. The fraction of sp³-hybridized carbons (Fsp3) is 1.00. The molecule has 0 rings (SSSR count). The third-order valence-corrected chi connectivity index (χ3v) is 3.22. The molecule has 0 spiro atoms. The molecular weight excluding hydrogens is 250 g/mol. The average molecular weight is 282 g/mol. The van der Waals surface area contributed by atoms with Gasteiger partial charge in [-0.15, -0.1) is 12.4 Å². The van der Waals surface area contributed by atoms with Crippen LogP contribution >= 0.6 is 25.0 Å². The third-order valence-electron chi connectivity index (χ3n) is 3.00. The number of hydrogen-bond donors (Lipinski definition) is 2. The highest BCUT2D eigenvalue weighted by molar-refractivity contribution is 7.80. The molecule has 106 valence electrons. The Morgan fingerprint density at radius 2 is 1.18 bits per heavy atom. The van der Waals surface area contributed by atoms with Gasteiger partial charge in [0, 0.05) is 12.3 Å². The molecule has 0 aliphatic heterocycles. The third kappa shape index (κ3) is 19.1. The van der Waals surface area contributed by atoms with Crippen LogP contribution in [0.5, 0.6) is 0 Å². The quantitative estimate of drug-likeness (QED) is 0.363. The summed E-state index contributed by atoms with van der Waals surface area (Å²) in [7, 11) is 0. The zero-order chi connectivity index (χ0) is 11.9. The summed E-state index contributed by atoms with van der Waals surface area (Å²) in [5.41, 5.74) is 0. The van der Waals surface area contributed by atoms with Gasteiger partial charge in [0.05, 0.1) is 0 Å². The van der Waals surface area contributed by atoms with Gasteiger partial charge in [-0.1, -0.05) is 64.7 Å². The number of hydrogen-bond acceptors (Lipinski definition) is 2. The summed E-state index contributed by atoms with van der Waals surface area (Å²) in [6.45, 7) is 4.51. The van der Waals surface area contributed by atoms with Crippen LogP contribution in [0.2, 0.25) is 0 Å². The molecule has 0 saturated carbocycles. The van der Waals surface area contributed by atoms with Crippen molar-refractivity contribution in [2.24, 2.45) is 0 Å². The van der Waals surface area contributed by atoms with E-state index in [1.165, 1.54) is 70.8 Å². The zero-order valence-corrected chi connectivity index (χ0v) is 13.3. The summed E-state index contributed by atoms with van der Waals surface area (Å²) in [4.78, 5) is 0. The zero-order valence-electron chi connectivity index (χ0n) is 11.5. The van der Waals surface area contributed by atoms with Gasteiger partial charge in [-0.25, -0.2) is 0 Å². The van der Waals surface area contributed by atoms with E-state index in [1.54, 1.807) is 0 Å². The molecule has 0 aliphatic rings. The second-order valence-corrected chi connectivity index (χ2v) is 5.10. The molecule has 0 aliphatic carbocycles. The Hall–Kier alpha value is 0.600. The molecule has 0 aromatic carbocycles. The lowest BCUT2D eigenvalue weighted by molar-refractivity contribution is 0.547. The molecule has 0 unspecified atom stereocenters. The monoisotopic (exact) mass is 281 g/mol. The smallest absolute Gasteiger partial charge is 0.00397 e. The van der Waals surface area contributed by atoms with Crippen molar-refractivity contribution in [1.82, 2.24) is 5.32 Å². The molecule has 0 radical (unpaired) electrons. The van der Waals surface area contributed by atoms with E-state index in [1.807, 2.05) is 0 Å². The lowest BCUT2D eigenvalue weighted by Crippen LogP contribution is -2.17. The maximum absolute atomic E-state index is 4.16. The van der Waals surface area contributed by atoms with Crippen molar-refractivity contribution in [2.45, 2.75) is 71.1 Å². The van der Waals surface area contributed by atoms with Crippen LogP contribution in [0.4, 0.5) is 0 Å². The largest absolute Gasteiger partial charge is 0.316 e. The summed E-state index contributed by atoms with van der Waals surface area (Å²) >= 11 is 4.16. The van der Waals surface area contributed by atoms with Crippen molar-refractivity contribution >= 4 is 25.0 Å². The second-order valence-electron chi connectivity index (χ2n) is 4.66. The number of halogens is 1. The van der Waals surface area contributed by atoms with Gasteiger partial charge in [0.2, 0.25) is 0 Å². The minimum Gasteiger partial charge on any atom is -0.316 e. The van der Waals surface area contributed by atoms with Crippen molar-refractivity contribution in [1.29, 1.82) is 0 Å². The number of nitrogens with one attached hydrogen (secondary N) is 1. The Labute approximate surface area is 120 Å². The Morgan fingerprint density at radius 3 is 1.65 bits per heavy atom. The standard InChI is InChI=1S/C14H31NS.ClH/c1-2-3-4-5-6-7-8-9-10-11-12-15-13-14-16;/h15-16H,2-14H2,1H3;1H. The molecular formula is C14H32ClNS. The highest BCUT2D eigenvalue weighted by Crippen LogP contribution is 2.10. The number of thiol groups is 1. The van der Waals surface area contributed by atoms with Crippen LogP contribution in [0.1, 0.15) is 71.1 Å². The normalized spacial score (nSPS) is 10.2. The first-order valence-electron chi connectivity index (χ1n) is 7.23. The van der Waals surface area contributed by atoms with Gasteiger partial charge in [-0.05, 0) is 13.0 Å². The van der Waals surface area contributed by atoms with E-state index in [0.29, 0.717) is 0 Å². The summed E-state index contributed by atoms with van der Waals surface area (Å²) in [6, 6.07) is 0. The van der Waals surface area contributed by atoms with Crippen LogP contribution in [0, 0.1) is 0 Å². The molecule has 1 N–H and O–H groups in total. The van der Waals surface area contributed by atoms with Gasteiger partial charge in [0.1, 0.15) is 0 Å². The van der Waals surface area contributed by atoms with Crippen LogP contribution in [0.3, 0.4) is 0 Å². The molecule has 3 heteroatoms. The Bertz CT molecular complexity index is 109. The van der Waals surface area contributed by atoms with Crippen LogP contribution in [0.15, 0.2) is 0 Å². The molecule has 0 fully saturated rings. The van der Waals surface area contributed by atoms with Gasteiger partial charge in [-0.3, -0.25) is 0 Å². The van der Waals surface area contributed by atoms with Gasteiger partial charge < -0.3 is 5.32 Å². The van der Waals surface area contributed by atoms with E-state index in [9.17, 15) is 0 Å². The maximum Gasteiger partial charge on any atom is 0.00397 e. The molecule has 0 saturated heterocycles. The topological polar surface area (TPSA) is 12.0 Å². The van der Waals surface area contributed by atoms with Crippen molar-refractivity contribution in [3.8, 4) is 0 Å². The van der Waals surface area contributed by atoms with E-state index < -0.39 is 0 Å². The SMILES string of the molecule is CCCCCCCCCCCCNCCS.Cl. The fourth-order valence-electron chi connectivity index (χ4n) is 1.94. The molecule has 0 aromatic heterocycles. The minimum absolute atomic E-state index is 0. The highest BCUT2D eigenvalue weighted by atomic mass is 35.5. The summed E-state index contributed by atoms with van der Waals surface area (Å²) in [5.74, 6) is 0.956. The average Bonchev–Trinajstić information content (AvgIpc) is 2.31. The van der Waals surface area contributed by atoms with Gasteiger partial charge in [0.15, 0.2) is 0 Å². The molecule has 17 heavy (non-hydrogen) atoms. The van der Waals surface area contributed by atoms with E-state index in [-0.39, 0.29) is 12.4 Å². The summed E-state index contributed by atoms with van der Waals surface area (Å²) in [6.07, 6.45) is 14.2. The predicted molar refractivity (Wildman–Crippen MR) is 85.8 cm³/mol. The summed E-state index contributed by atoms with van der Waals surface area (Å²) < 4.78 is 0. The van der Waals surface area contributed by atoms with E-state index >= 15 is 0 Å². The lowest BCUT2D eigenvalue weighted by atomic mass is 10.1. The van der Waals surface area contributed by atoms with Crippen molar-refractivity contribution in [3.05, 3.63) is 0 Å². The first kappa shape index (κ1) is 19.9. The van der Waals surface area contributed by atoms with Crippen LogP contribution in [0.25, 0.3) is 0 Å². The number of rotatable bonds is 13.